The number of nitrogens with zero attached hydrogens (tertiary/aromatic N) is 1. The molecule has 1 aliphatic rings. The lowest BCUT2D eigenvalue weighted by atomic mass is 10.0. The molecule has 0 radical (unpaired) electrons. The molecule has 0 atom stereocenters. The second-order valence-electron chi connectivity index (χ2n) is 4.70. The molecule has 0 spiro atoms. The average molecular weight is 242 g/mol. The van der Waals surface area contributed by atoms with Gasteiger partial charge >= 0.3 is 0 Å². The first-order valence-corrected chi connectivity index (χ1v) is 6.25. The first-order chi connectivity index (χ1) is 8.83. The lowest BCUT2D eigenvalue weighted by Crippen LogP contribution is -2.16. The predicted octanol–water partition coefficient (Wildman–Crippen LogP) is 3.14. The van der Waals surface area contributed by atoms with Crippen LogP contribution in [0.4, 0.5) is 4.39 Å². The summed E-state index contributed by atoms with van der Waals surface area (Å²) in [5, 5.41) is 3.32. The lowest BCUT2D eigenvalue weighted by Gasteiger charge is -2.07. The van der Waals surface area contributed by atoms with Gasteiger partial charge in [-0.1, -0.05) is 12.1 Å². The number of nitrogens with one attached hydrogen (secondary N) is 1. The summed E-state index contributed by atoms with van der Waals surface area (Å²) in [6, 6.07) is 9.79. The van der Waals surface area contributed by atoms with Crippen molar-refractivity contribution in [1.29, 1.82) is 0 Å². The highest BCUT2D eigenvalue weighted by Gasteiger charge is 2.20. The van der Waals surface area contributed by atoms with Crippen molar-refractivity contribution >= 4 is 0 Å². The Morgan fingerprint density at radius 2 is 1.89 bits per heavy atom. The van der Waals surface area contributed by atoms with Crippen LogP contribution in [-0.2, 0) is 6.54 Å². The highest BCUT2D eigenvalue weighted by molar-refractivity contribution is 5.63. The molecule has 1 heterocycles. The molecule has 1 saturated carbocycles. The van der Waals surface area contributed by atoms with Crippen LogP contribution >= 0.6 is 0 Å². The monoisotopic (exact) mass is 242 g/mol. The van der Waals surface area contributed by atoms with E-state index < -0.39 is 0 Å². The van der Waals surface area contributed by atoms with Crippen molar-refractivity contribution in [2.75, 3.05) is 0 Å². The van der Waals surface area contributed by atoms with Gasteiger partial charge in [-0.2, -0.15) is 0 Å². The molecular weight excluding hydrogens is 227 g/mol. The quantitative estimate of drug-likeness (QED) is 0.891. The average Bonchev–Trinajstić information content (AvgIpc) is 3.22. The summed E-state index contributed by atoms with van der Waals surface area (Å²) >= 11 is 0. The number of hydrogen-bond donors (Lipinski definition) is 1. The summed E-state index contributed by atoms with van der Waals surface area (Å²) in [7, 11) is 0. The minimum Gasteiger partial charge on any atom is -0.310 e. The fourth-order valence-electron chi connectivity index (χ4n) is 1.96. The third-order valence-electron chi connectivity index (χ3n) is 3.23. The summed E-state index contributed by atoms with van der Waals surface area (Å²) in [6.45, 7) is 0.618. The van der Waals surface area contributed by atoms with Gasteiger partial charge in [0.25, 0.3) is 0 Å². The maximum absolute atomic E-state index is 14.0. The van der Waals surface area contributed by atoms with Crippen molar-refractivity contribution in [2.24, 2.45) is 0 Å². The number of pyridine rings is 1. The molecule has 0 bridgehead atoms. The van der Waals surface area contributed by atoms with Gasteiger partial charge in [-0.25, -0.2) is 4.39 Å². The van der Waals surface area contributed by atoms with Gasteiger partial charge in [0.1, 0.15) is 5.82 Å². The lowest BCUT2D eigenvalue weighted by molar-refractivity contribution is 0.587. The van der Waals surface area contributed by atoms with Gasteiger partial charge in [-0.3, -0.25) is 4.98 Å². The van der Waals surface area contributed by atoms with E-state index in [1.165, 1.54) is 12.8 Å². The number of aromatic nitrogens is 1. The molecule has 1 aromatic heterocycles. The van der Waals surface area contributed by atoms with Crippen LogP contribution in [0, 0.1) is 5.82 Å². The van der Waals surface area contributed by atoms with Crippen LogP contribution in [0.5, 0.6) is 0 Å². The minimum absolute atomic E-state index is 0.141. The molecule has 0 aliphatic heterocycles. The van der Waals surface area contributed by atoms with Gasteiger partial charge in [0.05, 0.1) is 0 Å². The van der Waals surface area contributed by atoms with E-state index in [1.54, 1.807) is 18.5 Å². The highest BCUT2D eigenvalue weighted by Crippen LogP contribution is 2.23. The van der Waals surface area contributed by atoms with Crippen LogP contribution in [0.15, 0.2) is 42.7 Å². The van der Waals surface area contributed by atoms with Crippen LogP contribution in [0.1, 0.15) is 18.4 Å². The number of hydrogen-bond acceptors (Lipinski definition) is 2. The molecule has 3 rings (SSSR count). The van der Waals surface area contributed by atoms with Gasteiger partial charge in [-0.05, 0) is 42.2 Å². The van der Waals surface area contributed by atoms with Crippen LogP contribution < -0.4 is 5.32 Å². The van der Waals surface area contributed by atoms with Gasteiger partial charge < -0.3 is 5.32 Å². The molecule has 18 heavy (non-hydrogen) atoms. The fourth-order valence-corrected chi connectivity index (χ4v) is 1.96. The molecule has 3 heteroatoms. The Bertz CT molecular complexity index is 535. The van der Waals surface area contributed by atoms with Crippen molar-refractivity contribution in [3.8, 4) is 11.1 Å². The Hall–Kier alpha value is -1.74. The molecule has 1 N–H and O–H groups in total. The normalized spacial score (nSPS) is 14.7. The third-order valence-corrected chi connectivity index (χ3v) is 3.23. The van der Waals surface area contributed by atoms with Crippen molar-refractivity contribution in [3.63, 3.8) is 0 Å². The van der Waals surface area contributed by atoms with Crippen molar-refractivity contribution in [2.45, 2.75) is 25.4 Å². The third kappa shape index (κ3) is 2.57. The zero-order valence-electron chi connectivity index (χ0n) is 10.1. The van der Waals surface area contributed by atoms with Crippen molar-refractivity contribution in [1.82, 2.24) is 10.3 Å². The SMILES string of the molecule is Fc1cc(-c2ccncc2)ccc1CNC1CC1. The van der Waals surface area contributed by atoms with E-state index in [9.17, 15) is 4.39 Å². The Morgan fingerprint density at radius 3 is 2.56 bits per heavy atom. The first-order valence-electron chi connectivity index (χ1n) is 6.25. The number of benzene rings is 1. The zero-order chi connectivity index (χ0) is 12.4. The van der Waals surface area contributed by atoms with Crippen molar-refractivity contribution in [3.05, 3.63) is 54.1 Å². The largest absolute Gasteiger partial charge is 0.310 e. The van der Waals surface area contributed by atoms with Crippen molar-refractivity contribution < 1.29 is 4.39 Å². The van der Waals surface area contributed by atoms with Crippen LogP contribution in [-0.4, -0.2) is 11.0 Å². The summed E-state index contributed by atoms with van der Waals surface area (Å²) in [4.78, 5) is 3.96. The second-order valence-corrected chi connectivity index (χ2v) is 4.70. The fraction of sp³-hybridized carbons (Fsp3) is 0.267. The molecule has 2 nitrogen and oxygen atoms in total. The van der Waals surface area contributed by atoms with Crippen LogP contribution in [0.25, 0.3) is 11.1 Å². The first kappa shape index (κ1) is 11.4. The molecule has 1 aromatic carbocycles. The zero-order valence-corrected chi connectivity index (χ0v) is 10.1. The topological polar surface area (TPSA) is 24.9 Å². The van der Waals surface area contributed by atoms with Gasteiger partial charge in [0.2, 0.25) is 0 Å². The maximum Gasteiger partial charge on any atom is 0.128 e. The van der Waals surface area contributed by atoms with E-state index in [-0.39, 0.29) is 5.82 Å². The van der Waals surface area contributed by atoms with Crippen LogP contribution in [0.3, 0.4) is 0 Å². The summed E-state index contributed by atoms with van der Waals surface area (Å²) < 4.78 is 14.0. The molecule has 0 saturated heterocycles. The van der Waals surface area contributed by atoms with E-state index >= 15 is 0 Å². The number of halogens is 1. The Kier molecular flexibility index (Phi) is 3.07. The van der Waals surface area contributed by atoms with Gasteiger partial charge in [-0.15, -0.1) is 0 Å². The maximum atomic E-state index is 14.0. The Labute approximate surface area is 106 Å². The Morgan fingerprint density at radius 1 is 1.11 bits per heavy atom. The molecular formula is C15H15FN2. The summed E-state index contributed by atoms with van der Waals surface area (Å²) in [5.74, 6) is -0.141. The minimum atomic E-state index is -0.141. The molecule has 2 aromatic rings. The van der Waals surface area contributed by atoms with E-state index in [1.807, 2.05) is 24.3 Å². The van der Waals surface area contributed by atoms with E-state index in [0.29, 0.717) is 12.6 Å². The molecule has 0 amide bonds. The molecule has 0 unspecified atom stereocenters. The van der Waals surface area contributed by atoms with Crippen LogP contribution in [0.2, 0.25) is 0 Å². The smallest absolute Gasteiger partial charge is 0.128 e. The molecule has 1 fully saturated rings. The second kappa shape index (κ2) is 4.86. The summed E-state index contributed by atoms with van der Waals surface area (Å²) in [6.07, 6.45) is 5.87. The highest BCUT2D eigenvalue weighted by atomic mass is 19.1. The standard InChI is InChI=1S/C15H15FN2/c16-15-9-12(11-5-7-17-8-6-11)1-2-13(15)10-18-14-3-4-14/h1-2,5-9,14,18H,3-4,10H2. The molecule has 92 valence electrons. The Balaban J connectivity index is 1.79. The van der Waals surface area contributed by atoms with E-state index in [4.69, 9.17) is 0 Å². The number of rotatable bonds is 4. The predicted molar refractivity (Wildman–Crippen MR) is 69.5 cm³/mol. The van der Waals surface area contributed by atoms with E-state index in [0.717, 1.165) is 16.7 Å². The van der Waals surface area contributed by atoms with Gasteiger partial charge in [0.15, 0.2) is 0 Å². The summed E-state index contributed by atoms with van der Waals surface area (Å²) in [5.41, 5.74) is 2.62. The molecule has 1 aliphatic carbocycles. The van der Waals surface area contributed by atoms with Gasteiger partial charge in [0, 0.05) is 30.5 Å². The van der Waals surface area contributed by atoms with E-state index in [2.05, 4.69) is 10.3 Å².